The molecule has 2 aliphatic rings. The molecule has 1 aliphatic heterocycles. The van der Waals surface area contributed by atoms with E-state index in [0.29, 0.717) is 11.7 Å². The largest absolute Gasteiger partial charge is 0.351 e. The number of sulfone groups is 1. The Morgan fingerprint density at radius 2 is 1.89 bits per heavy atom. The first-order valence-corrected chi connectivity index (χ1v) is 9.89. The van der Waals surface area contributed by atoms with Crippen LogP contribution in [0.5, 0.6) is 0 Å². The third-order valence-electron chi connectivity index (χ3n) is 3.90. The zero-order chi connectivity index (χ0) is 13.9. The lowest BCUT2D eigenvalue weighted by Gasteiger charge is -2.24. The van der Waals surface area contributed by atoms with Crippen molar-refractivity contribution in [1.29, 1.82) is 0 Å². The van der Waals surface area contributed by atoms with Gasteiger partial charge in [0.2, 0.25) is 5.91 Å². The summed E-state index contributed by atoms with van der Waals surface area (Å²) in [6, 6.07) is -0.174. The summed E-state index contributed by atoms with van der Waals surface area (Å²) in [5, 5.41) is 3.41. The third kappa shape index (κ3) is 4.67. The molecular weight excluding hydrogens is 282 g/mol. The van der Waals surface area contributed by atoms with Crippen LogP contribution >= 0.6 is 11.8 Å². The Labute approximate surface area is 120 Å². The molecule has 1 aliphatic carbocycles. The van der Waals surface area contributed by atoms with Gasteiger partial charge in [-0.2, -0.15) is 0 Å². The van der Waals surface area contributed by atoms with E-state index in [0.717, 1.165) is 0 Å². The fourth-order valence-electron chi connectivity index (χ4n) is 2.78. The van der Waals surface area contributed by atoms with Crippen molar-refractivity contribution < 1.29 is 13.2 Å². The van der Waals surface area contributed by atoms with E-state index in [1.54, 1.807) is 11.8 Å². The molecule has 0 aromatic rings. The molecule has 6 heteroatoms. The molecule has 2 unspecified atom stereocenters. The van der Waals surface area contributed by atoms with Crippen LogP contribution in [0.2, 0.25) is 0 Å². The first-order valence-electron chi connectivity index (χ1n) is 7.12. The van der Waals surface area contributed by atoms with E-state index in [1.807, 2.05) is 6.92 Å². The van der Waals surface area contributed by atoms with Crippen molar-refractivity contribution in [3.05, 3.63) is 0 Å². The quantitative estimate of drug-likeness (QED) is 0.859. The summed E-state index contributed by atoms with van der Waals surface area (Å²) < 4.78 is 22.7. The number of carbonyl (C=O) groups excluding carboxylic acids is 1. The van der Waals surface area contributed by atoms with Gasteiger partial charge in [0.25, 0.3) is 0 Å². The molecular formula is C13H23NO3S2. The molecule has 0 aromatic heterocycles. The van der Waals surface area contributed by atoms with Crippen LogP contribution in [0.15, 0.2) is 0 Å². The van der Waals surface area contributed by atoms with Gasteiger partial charge < -0.3 is 5.32 Å². The minimum absolute atomic E-state index is 0.00215. The Balaban J connectivity index is 1.76. The van der Waals surface area contributed by atoms with E-state index < -0.39 is 9.84 Å². The van der Waals surface area contributed by atoms with Gasteiger partial charge in [-0.25, -0.2) is 8.42 Å². The van der Waals surface area contributed by atoms with Crippen molar-refractivity contribution in [3.63, 3.8) is 0 Å². The van der Waals surface area contributed by atoms with Gasteiger partial charge in [-0.15, -0.1) is 11.8 Å². The number of rotatable bonds is 4. The first-order chi connectivity index (χ1) is 8.96. The molecule has 2 atom stereocenters. The molecule has 2 rings (SSSR count). The van der Waals surface area contributed by atoms with E-state index in [4.69, 9.17) is 0 Å². The summed E-state index contributed by atoms with van der Waals surface area (Å²) in [7, 11) is -2.92. The van der Waals surface area contributed by atoms with Gasteiger partial charge in [-0.3, -0.25) is 4.79 Å². The van der Waals surface area contributed by atoms with Crippen LogP contribution in [-0.4, -0.2) is 42.4 Å². The number of hydrogen-bond acceptors (Lipinski definition) is 4. The lowest BCUT2D eigenvalue weighted by molar-refractivity contribution is -0.120. The fourth-order valence-corrected chi connectivity index (χ4v) is 5.83. The van der Waals surface area contributed by atoms with Gasteiger partial charge in [0.05, 0.1) is 16.8 Å². The predicted octanol–water partition coefficient (Wildman–Crippen LogP) is 1.74. The highest BCUT2D eigenvalue weighted by Gasteiger charge is 2.30. The summed E-state index contributed by atoms with van der Waals surface area (Å²) >= 11 is 1.75. The van der Waals surface area contributed by atoms with Crippen LogP contribution < -0.4 is 5.32 Å². The van der Waals surface area contributed by atoms with Gasteiger partial charge in [0.15, 0.2) is 9.84 Å². The lowest BCUT2D eigenvalue weighted by atomic mass is 10.0. The SMILES string of the molecule is CC(SC1CCCCC1)C(=O)NC1CCS(=O)(=O)C1. The number of hydrogen-bond donors (Lipinski definition) is 1. The molecule has 0 bridgehead atoms. The Kier molecular flexibility index (Phi) is 5.17. The Bertz CT molecular complexity index is 416. The summed E-state index contributed by atoms with van der Waals surface area (Å²) in [4.78, 5) is 12.1. The summed E-state index contributed by atoms with van der Waals surface area (Å²) in [6.07, 6.45) is 6.84. The number of nitrogens with one attached hydrogen (secondary N) is 1. The first kappa shape index (κ1) is 15.2. The summed E-state index contributed by atoms with van der Waals surface area (Å²) in [6.45, 7) is 1.93. The van der Waals surface area contributed by atoms with Gasteiger partial charge >= 0.3 is 0 Å². The van der Waals surface area contributed by atoms with Crippen molar-refractivity contribution in [2.24, 2.45) is 0 Å². The topological polar surface area (TPSA) is 63.2 Å². The zero-order valence-corrected chi connectivity index (χ0v) is 13.1. The van der Waals surface area contributed by atoms with E-state index in [1.165, 1.54) is 32.1 Å². The number of carbonyl (C=O) groups is 1. The number of thioether (sulfide) groups is 1. The van der Waals surface area contributed by atoms with Crippen LogP contribution in [0.4, 0.5) is 0 Å². The predicted molar refractivity (Wildman–Crippen MR) is 79.1 cm³/mol. The van der Waals surface area contributed by atoms with E-state index in [9.17, 15) is 13.2 Å². The highest BCUT2D eigenvalue weighted by molar-refractivity contribution is 8.01. The molecule has 0 radical (unpaired) electrons. The highest BCUT2D eigenvalue weighted by Crippen LogP contribution is 2.31. The maximum Gasteiger partial charge on any atom is 0.233 e. The fraction of sp³-hybridized carbons (Fsp3) is 0.923. The molecule has 19 heavy (non-hydrogen) atoms. The molecule has 1 N–H and O–H groups in total. The van der Waals surface area contributed by atoms with Gasteiger partial charge in [0.1, 0.15) is 0 Å². The average Bonchev–Trinajstić information content (AvgIpc) is 2.70. The monoisotopic (exact) mass is 305 g/mol. The number of amides is 1. The molecule has 110 valence electrons. The van der Waals surface area contributed by atoms with Crippen molar-refractivity contribution in [2.75, 3.05) is 11.5 Å². The van der Waals surface area contributed by atoms with Gasteiger partial charge in [-0.1, -0.05) is 19.3 Å². The van der Waals surface area contributed by atoms with E-state index in [2.05, 4.69) is 5.32 Å². The minimum atomic E-state index is -2.92. The average molecular weight is 305 g/mol. The zero-order valence-electron chi connectivity index (χ0n) is 11.4. The second-order valence-electron chi connectivity index (χ2n) is 5.65. The van der Waals surface area contributed by atoms with Crippen LogP contribution in [0.3, 0.4) is 0 Å². The summed E-state index contributed by atoms with van der Waals surface area (Å²) in [5.41, 5.74) is 0. The maximum atomic E-state index is 12.1. The second-order valence-corrected chi connectivity index (χ2v) is 9.52. The Morgan fingerprint density at radius 3 is 2.47 bits per heavy atom. The normalized spacial score (nSPS) is 29.0. The van der Waals surface area contributed by atoms with Gasteiger partial charge in [-0.05, 0) is 26.2 Å². The molecule has 1 saturated carbocycles. The lowest BCUT2D eigenvalue weighted by Crippen LogP contribution is -2.40. The van der Waals surface area contributed by atoms with Crippen LogP contribution in [0.25, 0.3) is 0 Å². The molecule has 0 spiro atoms. The van der Waals surface area contributed by atoms with Crippen LogP contribution in [0, 0.1) is 0 Å². The molecule has 0 aromatic carbocycles. The minimum Gasteiger partial charge on any atom is -0.351 e. The van der Waals surface area contributed by atoms with E-state index in [-0.39, 0.29) is 28.7 Å². The van der Waals surface area contributed by atoms with Crippen molar-refractivity contribution in [3.8, 4) is 0 Å². The molecule has 2 fully saturated rings. The van der Waals surface area contributed by atoms with Crippen molar-refractivity contribution >= 4 is 27.5 Å². The standard InChI is InChI=1S/C13H23NO3S2/c1-10(18-12-5-3-2-4-6-12)13(15)14-11-7-8-19(16,17)9-11/h10-12H,2-9H2,1H3,(H,14,15). The molecule has 1 amide bonds. The van der Waals surface area contributed by atoms with Gasteiger partial charge in [0, 0.05) is 11.3 Å². The maximum absolute atomic E-state index is 12.1. The van der Waals surface area contributed by atoms with Crippen molar-refractivity contribution in [1.82, 2.24) is 5.32 Å². The second kappa shape index (κ2) is 6.48. The third-order valence-corrected chi connectivity index (χ3v) is 7.14. The summed E-state index contributed by atoms with van der Waals surface area (Å²) in [5.74, 6) is 0.319. The molecule has 4 nitrogen and oxygen atoms in total. The Hall–Kier alpha value is -0.230. The smallest absolute Gasteiger partial charge is 0.233 e. The highest BCUT2D eigenvalue weighted by atomic mass is 32.2. The van der Waals surface area contributed by atoms with Crippen LogP contribution in [-0.2, 0) is 14.6 Å². The molecule has 1 heterocycles. The Morgan fingerprint density at radius 1 is 1.21 bits per heavy atom. The van der Waals surface area contributed by atoms with Crippen molar-refractivity contribution in [2.45, 2.75) is 62.0 Å². The molecule has 1 saturated heterocycles. The van der Waals surface area contributed by atoms with Crippen LogP contribution in [0.1, 0.15) is 45.4 Å². The van der Waals surface area contributed by atoms with E-state index >= 15 is 0 Å².